The molecule has 0 aliphatic heterocycles. The van der Waals surface area contributed by atoms with Gasteiger partial charge in [0.05, 0.1) is 17.7 Å². The number of nitro groups is 1. The van der Waals surface area contributed by atoms with E-state index in [9.17, 15) is 19.7 Å². The summed E-state index contributed by atoms with van der Waals surface area (Å²) in [5.41, 5.74) is -0.0769. The minimum absolute atomic E-state index is 0.00945. The standard InChI is InChI=1S/C13H12N4O5/c1-2-22-12(18)8-16-7-11(14-15-16)13(19)9-4-3-5-10(6-9)17(20)21/h3-7H,2,8H2,1H3. The van der Waals surface area contributed by atoms with Crippen molar-refractivity contribution in [3.8, 4) is 0 Å². The van der Waals surface area contributed by atoms with Gasteiger partial charge in [-0.1, -0.05) is 17.3 Å². The van der Waals surface area contributed by atoms with Crippen molar-refractivity contribution >= 4 is 17.4 Å². The molecule has 1 heterocycles. The second kappa shape index (κ2) is 6.57. The summed E-state index contributed by atoms with van der Waals surface area (Å²) in [4.78, 5) is 33.6. The number of esters is 1. The topological polar surface area (TPSA) is 117 Å². The van der Waals surface area contributed by atoms with E-state index in [0.29, 0.717) is 0 Å². The van der Waals surface area contributed by atoms with Crippen molar-refractivity contribution in [1.29, 1.82) is 0 Å². The van der Waals surface area contributed by atoms with Gasteiger partial charge in [-0.15, -0.1) is 5.10 Å². The predicted octanol–water partition coefficient (Wildman–Crippen LogP) is 0.980. The summed E-state index contributed by atoms with van der Waals surface area (Å²) < 4.78 is 5.92. The third-order valence-corrected chi connectivity index (χ3v) is 2.69. The fourth-order valence-corrected chi connectivity index (χ4v) is 1.73. The van der Waals surface area contributed by atoms with Crippen molar-refractivity contribution in [2.45, 2.75) is 13.5 Å². The molecule has 0 aliphatic carbocycles. The number of ether oxygens (including phenoxy) is 1. The molecule has 2 aromatic rings. The lowest BCUT2D eigenvalue weighted by Crippen LogP contribution is -2.13. The highest BCUT2D eigenvalue weighted by atomic mass is 16.6. The average molecular weight is 304 g/mol. The number of non-ortho nitro benzene ring substituents is 1. The van der Waals surface area contributed by atoms with Crippen LogP contribution in [0.5, 0.6) is 0 Å². The third-order valence-electron chi connectivity index (χ3n) is 2.69. The van der Waals surface area contributed by atoms with Gasteiger partial charge >= 0.3 is 5.97 Å². The fraction of sp³-hybridized carbons (Fsp3) is 0.231. The summed E-state index contributed by atoms with van der Waals surface area (Å²) in [7, 11) is 0. The number of nitro benzene ring substituents is 1. The number of hydrogen-bond donors (Lipinski definition) is 0. The number of benzene rings is 1. The Morgan fingerprint density at radius 1 is 1.41 bits per heavy atom. The van der Waals surface area contributed by atoms with Crippen LogP contribution in [0.3, 0.4) is 0 Å². The molecule has 0 N–H and O–H groups in total. The van der Waals surface area contributed by atoms with E-state index < -0.39 is 16.7 Å². The van der Waals surface area contributed by atoms with Gasteiger partial charge in [0, 0.05) is 17.7 Å². The van der Waals surface area contributed by atoms with Gasteiger partial charge < -0.3 is 4.74 Å². The Kier molecular flexibility index (Phi) is 4.57. The van der Waals surface area contributed by atoms with Crippen LogP contribution < -0.4 is 0 Å². The van der Waals surface area contributed by atoms with Crippen LogP contribution in [0.1, 0.15) is 23.0 Å². The molecule has 22 heavy (non-hydrogen) atoms. The number of carbonyl (C=O) groups is 2. The molecule has 0 fully saturated rings. The molecule has 9 nitrogen and oxygen atoms in total. The van der Waals surface area contributed by atoms with Crippen molar-refractivity contribution in [3.63, 3.8) is 0 Å². The highest BCUT2D eigenvalue weighted by molar-refractivity contribution is 6.07. The van der Waals surface area contributed by atoms with E-state index in [1.807, 2.05) is 0 Å². The number of aromatic nitrogens is 3. The molecule has 0 unspecified atom stereocenters. The van der Waals surface area contributed by atoms with Crippen molar-refractivity contribution < 1.29 is 19.2 Å². The maximum Gasteiger partial charge on any atom is 0.327 e. The molecule has 114 valence electrons. The van der Waals surface area contributed by atoms with Gasteiger partial charge in [-0.05, 0) is 6.92 Å². The average Bonchev–Trinajstić information content (AvgIpc) is 2.95. The Morgan fingerprint density at radius 2 is 2.18 bits per heavy atom. The number of hydrogen-bond acceptors (Lipinski definition) is 7. The van der Waals surface area contributed by atoms with E-state index in [1.54, 1.807) is 6.92 Å². The molecule has 0 bridgehead atoms. The van der Waals surface area contributed by atoms with E-state index in [1.165, 1.54) is 29.1 Å². The van der Waals surface area contributed by atoms with Crippen LogP contribution >= 0.6 is 0 Å². The minimum Gasteiger partial charge on any atom is -0.465 e. The first-order valence-corrected chi connectivity index (χ1v) is 6.36. The lowest BCUT2D eigenvalue weighted by Gasteiger charge is -2.00. The fourth-order valence-electron chi connectivity index (χ4n) is 1.73. The van der Waals surface area contributed by atoms with Crippen LogP contribution in [0.15, 0.2) is 30.5 Å². The zero-order valence-corrected chi connectivity index (χ0v) is 11.6. The Hall–Kier alpha value is -3.10. The zero-order chi connectivity index (χ0) is 16.1. The molecular weight excluding hydrogens is 292 g/mol. The van der Waals surface area contributed by atoms with E-state index in [4.69, 9.17) is 4.74 Å². The first kappa shape index (κ1) is 15.3. The summed E-state index contributed by atoms with van der Waals surface area (Å²) in [6.07, 6.45) is 1.29. The van der Waals surface area contributed by atoms with Gasteiger partial charge in [0.25, 0.3) is 5.69 Å². The molecule has 0 spiro atoms. The van der Waals surface area contributed by atoms with Crippen LogP contribution in [0.2, 0.25) is 0 Å². The predicted molar refractivity (Wildman–Crippen MR) is 73.2 cm³/mol. The van der Waals surface area contributed by atoms with Crippen molar-refractivity contribution in [3.05, 3.63) is 51.8 Å². The van der Waals surface area contributed by atoms with Crippen molar-refractivity contribution in [1.82, 2.24) is 15.0 Å². The maximum atomic E-state index is 12.2. The van der Waals surface area contributed by atoms with E-state index >= 15 is 0 Å². The first-order valence-electron chi connectivity index (χ1n) is 6.36. The van der Waals surface area contributed by atoms with Crippen LogP contribution in [0.4, 0.5) is 5.69 Å². The smallest absolute Gasteiger partial charge is 0.327 e. The second-order valence-corrected chi connectivity index (χ2v) is 4.24. The second-order valence-electron chi connectivity index (χ2n) is 4.24. The lowest BCUT2D eigenvalue weighted by molar-refractivity contribution is -0.384. The number of rotatable bonds is 6. The maximum absolute atomic E-state index is 12.2. The van der Waals surface area contributed by atoms with Crippen LogP contribution in [0, 0.1) is 10.1 Å². The minimum atomic E-state index is -0.589. The van der Waals surface area contributed by atoms with E-state index in [-0.39, 0.29) is 30.1 Å². The Bertz CT molecular complexity index is 725. The zero-order valence-electron chi connectivity index (χ0n) is 11.6. The van der Waals surface area contributed by atoms with Crippen LogP contribution in [0.25, 0.3) is 0 Å². The third kappa shape index (κ3) is 3.51. The summed E-state index contributed by atoms with van der Waals surface area (Å²) in [5, 5.41) is 18.0. The van der Waals surface area contributed by atoms with Gasteiger partial charge in [0.1, 0.15) is 6.54 Å². The van der Waals surface area contributed by atoms with Gasteiger partial charge in [-0.2, -0.15) is 0 Å². The molecule has 1 aromatic carbocycles. The summed E-state index contributed by atoms with van der Waals surface area (Å²) >= 11 is 0. The van der Waals surface area contributed by atoms with Crippen molar-refractivity contribution in [2.24, 2.45) is 0 Å². The first-order chi connectivity index (χ1) is 10.5. The summed E-state index contributed by atoms with van der Waals surface area (Å²) in [6.45, 7) is 1.76. The lowest BCUT2D eigenvalue weighted by atomic mass is 10.1. The van der Waals surface area contributed by atoms with E-state index in [0.717, 1.165) is 6.07 Å². The SMILES string of the molecule is CCOC(=O)Cn1cc(C(=O)c2cccc([N+](=O)[O-])c2)nn1. The molecule has 2 rings (SSSR count). The molecule has 0 amide bonds. The number of nitrogens with zero attached hydrogens (tertiary/aromatic N) is 4. The molecule has 0 atom stereocenters. The molecule has 0 saturated heterocycles. The highest BCUT2D eigenvalue weighted by Gasteiger charge is 2.17. The molecule has 0 radical (unpaired) electrons. The van der Waals surface area contributed by atoms with E-state index in [2.05, 4.69) is 10.3 Å². The quantitative estimate of drug-likeness (QED) is 0.338. The normalized spacial score (nSPS) is 10.2. The molecule has 9 heteroatoms. The summed E-state index contributed by atoms with van der Waals surface area (Å²) in [5.74, 6) is -1.01. The van der Waals surface area contributed by atoms with Crippen molar-refractivity contribution in [2.75, 3.05) is 6.61 Å². The Morgan fingerprint density at radius 3 is 2.86 bits per heavy atom. The Balaban J connectivity index is 2.16. The van der Waals surface area contributed by atoms with Gasteiger partial charge in [-0.3, -0.25) is 19.7 Å². The summed E-state index contributed by atoms with van der Waals surface area (Å²) in [6, 6.07) is 5.30. The molecule has 1 aromatic heterocycles. The number of ketones is 1. The monoisotopic (exact) mass is 304 g/mol. The molecule has 0 aliphatic rings. The molecular formula is C13H12N4O5. The highest BCUT2D eigenvalue weighted by Crippen LogP contribution is 2.15. The molecule has 0 saturated carbocycles. The van der Waals surface area contributed by atoms with Crippen LogP contribution in [-0.2, 0) is 16.1 Å². The largest absolute Gasteiger partial charge is 0.465 e. The van der Waals surface area contributed by atoms with Gasteiger partial charge in [0.15, 0.2) is 5.69 Å². The Labute approximate surface area is 124 Å². The van der Waals surface area contributed by atoms with Gasteiger partial charge in [-0.25, -0.2) is 4.68 Å². The number of carbonyl (C=O) groups excluding carboxylic acids is 2. The van der Waals surface area contributed by atoms with Gasteiger partial charge in [0.2, 0.25) is 5.78 Å². The van der Waals surface area contributed by atoms with Crippen LogP contribution in [-0.4, -0.2) is 38.3 Å².